The standard InChI is InChI=1S/C25H22BrClN2O5/c1-15(17-8-10-18(26)11-9-17)28-25(33)34-19-12-6-16(7-13-19)14-22(24(31)32)29-23(30)20-4-2-3-5-21(20)27/h2-13,15,22H,14H2,1H3,(H,28,33)(H,29,30)(H,31,32). The van der Waals surface area contributed by atoms with Crippen molar-refractivity contribution in [2.24, 2.45) is 0 Å². The first-order chi connectivity index (χ1) is 16.2. The lowest BCUT2D eigenvalue weighted by molar-refractivity contribution is -0.139. The van der Waals surface area contributed by atoms with Crippen molar-refractivity contribution in [1.82, 2.24) is 10.6 Å². The molecule has 0 aliphatic heterocycles. The molecule has 3 aromatic carbocycles. The number of nitrogens with one attached hydrogen (secondary N) is 2. The second kappa shape index (κ2) is 11.7. The van der Waals surface area contributed by atoms with Crippen molar-refractivity contribution in [3.05, 3.63) is 99.0 Å². The van der Waals surface area contributed by atoms with Crippen LogP contribution in [0.3, 0.4) is 0 Å². The zero-order valence-corrected chi connectivity index (χ0v) is 20.5. The van der Waals surface area contributed by atoms with E-state index >= 15 is 0 Å². The number of halogens is 2. The zero-order chi connectivity index (χ0) is 24.7. The third-order valence-electron chi connectivity index (χ3n) is 5.00. The third kappa shape index (κ3) is 7.07. The van der Waals surface area contributed by atoms with Gasteiger partial charge in [-0.2, -0.15) is 0 Å². The van der Waals surface area contributed by atoms with Crippen LogP contribution in [0.25, 0.3) is 0 Å². The normalized spacial score (nSPS) is 12.3. The number of benzene rings is 3. The first kappa shape index (κ1) is 25.3. The predicted octanol–water partition coefficient (Wildman–Crippen LogP) is 5.38. The monoisotopic (exact) mass is 544 g/mol. The third-order valence-corrected chi connectivity index (χ3v) is 5.86. The van der Waals surface area contributed by atoms with Crippen LogP contribution in [0.15, 0.2) is 77.3 Å². The van der Waals surface area contributed by atoms with E-state index in [-0.39, 0.29) is 23.0 Å². The molecule has 0 aromatic heterocycles. The van der Waals surface area contributed by atoms with Gasteiger partial charge in [-0.25, -0.2) is 9.59 Å². The molecule has 0 bridgehead atoms. The summed E-state index contributed by atoms with van der Waals surface area (Å²) in [5.41, 5.74) is 1.76. The van der Waals surface area contributed by atoms with Gasteiger partial charge >= 0.3 is 12.1 Å². The van der Waals surface area contributed by atoms with E-state index in [2.05, 4.69) is 26.6 Å². The van der Waals surface area contributed by atoms with Gasteiger partial charge in [0.05, 0.1) is 16.6 Å². The Kier molecular flexibility index (Phi) is 8.67. The van der Waals surface area contributed by atoms with E-state index in [1.807, 2.05) is 31.2 Å². The van der Waals surface area contributed by atoms with Crippen molar-refractivity contribution in [3.8, 4) is 5.75 Å². The van der Waals surface area contributed by atoms with Crippen molar-refractivity contribution in [2.45, 2.75) is 25.4 Å². The summed E-state index contributed by atoms with van der Waals surface area (Å²) in [6, 6.07) is 19.0. The summed E-state index contributed by atoms with van der Waals surface area (Å²) in [7, 11) is 0. The molecule has 2 unspecified atom stereocenters. The van der Waals surface area contributed by atoms with Crippen LogP contribution < -0.4 is 15.4 Å². The molecule has 0 fully saturated rings. The molecule has 3 N–H and O–H groups in total. The highest BCUT2D eigenvalue weighted by Crippen LogP contribution is 2.19. The summed E-state index contributed by atoms with van der Waals surface area (Å²) >= 11 is 9.39. The van der Waals surface area contributed by atoms with Gasteiger partial charge in [0.1, 0.15) is 11.8 Å². The topological polar surface area (TPSA) is 105 Å². The molecule has 7 nitrogen and oxygen atoms in total. The maximum absolute atomic E-state index is 12.4. The lowest BCUT2D eigenvalue weighted by Crippen LogP contribution is -2.42. The molecular formula is C25H22BrClN2O5. The van der Waals surface area contributed by atoms with Crippen molar-refractivity contribution >= 4 is 45.5 Å². The van der Waals surface area contributed by atoms with Crippen molar-refractivity contribution in [1.29, 1.82) is 0 Å². The number of carbonyl (C=O) groups is 3. The Morgan fingerprint density at radius 1 is 0.971 bits per heavy atom. The molecule has 3 aromatic rings. The summed E-state index contributed by atoms with van der Waals surface area (Å²) in [6.07, 6.45) is -0.572. The number of aliphatic carboxylic acids is 1. The minimum Gasteiger partial charge on any atom is -0.480 e. The minimum absolute atomic E-state index is 0.0403. The van der Waals surface area contributed by atoms with Crippen LogP contribution in [0.1, 0.15) is 34.5 Å². The van der Waals surface area contributed by atoms with Crippen LogP contribution in [0, 0.1) is 0 Å². The molecule has 2 amide bonds. The summed E-state index contributed by atoms with van der Waals surface area (Å²) in [5.74, 6) is -1.45. The van der Waals surface area contributed by atoms with Gasteiger partial charge in [-0.3, -0.25) is 4.79 Å². The molecule has 0 aliphatic rings. The van der Waals surface area contributed by atoms with Gasteiger partial charge in [0, 0.05) is 10.9 Å². The molecule has 0 saturated carbocycles. The van der Waals surface area contributed by atoms with E-state index in [9.17, 15) is 19.5 Å². The maximum Gasteiger partial charge on any atom is 0.413 e. The van der Waals surface area contributed by atoms with Crippen molar-refractivity contribution < 1.29 is 24.2 Å². The largest absolute Gasteiger partial charge is 0.480 e. The van der Waals surface area contributed by atoms with Gasteiger partial charge in [-0.05, 0) is 54.4 Å². The smallest absolute Gasteiger partial charge is 0.413 e. The number of amides is 2. The molecule has 0 saturated heterocycles. The molecule has 0 heterocycles. The molecule has 3 rings (SSSR count). The molecule has 34 heavy (non-hydrogen) atoms. The first-order valence-electron chi connectivity index (χ1n) is 10.3. The van der Waals surface area contributed by atoms with E-state index in [0.29, 0.717) is 11.3 Å². The highest BCUT2D eigenvalue weighted by Gasteiger charge is 2.22. The average Bonchev–Trinajstić information content (AvgIpc) is 2.80. The Morgan fingerprint density at radius 2 is 1.62 bits per heavy atom. The second-order valence-electron chi connectivity index (χ2n) is 7.50. The molecule has 176 valence electrons. The maximum atomic E-state index is 12.4. The Hall–Kier alpha value is -3.36. The summed E-state index contributed by atoms with van der Waals surface area (Å²) in [6.45, 7) is 1.84. The minimum atomic E-state index is -1.18. The highest BCUT2D eigenvalue weighted by molar-refractivity contribution is 9.10. The first-order valence-corrected chi connectivity index (χ1v) is 11.5. The van der Waals surface area contributed by atoms with E-state index in [0.717, 1.165) is 10.0 Å². The van der Waals surface area contributed by atoms with Gasteiger partial charge in [-0.15, -0.1) is 0 Å². The van der Waals surface area contributed by atoms with Crippen LogP contribution in [0.5, 0.6) is 5.75 Å². The fourth-order valence-electron chi connectivity index (χ4n) is 3.16. The zero-order valence-electron chi connectivity index (χ0n) is 18.1. The lowest BCUT2D eigenvalue weighted by atomic mass is 10.1. The Morgan fingerprint density at radius 3 is 2.24 bits per heavy atom. The SMILES string of the molecule is CC(NC(=O)Oc1ccc(CC(NC(=O)c2ccccc2Cl)C(=O)O)cc1)c1ccc(Br)cc1. The molecule has 0 aliphatic carbocycles. The molecular weight excluding hydrogens is 524 g/mol. The number of hydrogen-bond donors (Lipinski definition) is 3. The van der Waals surface area contributed by atoms with E-state index in [1.54, 1.807) is 42.5 Å². The fourth-order valence-corrected chi connectivity index (χ4v) is 3.64. The summed E-state index contributed by atoms with van der Waals surface area (Å²) in [5, 5.41) is 15.0. The van der Waals surface area contributed by atoms with Crippen LogP contribution in [-0.4, -0.2) is 29.1 Å². The number of rotatable bonds is 8. The number of carboxylic acids is 1. The molecule has 2 atom stereocenters. The van der Waals surface area contributed by atoms with Crippen LogP contribution in [0.2, 0.25) is 5.02 Å². The van der Waals surface area contributed by atoms with Crippen LogP contribution in [0.4, 0.5) is 4.79 Å². The molecule has 0 spiro atoms. The summed E-state index contributed by atoms with van der Waals surface area (Å²) in [4.78, 5) is 36.3. The number of ether oxygens (including phenoxy) is 1. The Bertz CT molecular complexity index is 1170. The molecule has 9 heteroatoms. The lowest BCUT2D eigenvalue weighted by Gasteiger charge is -2.16. The van der Waals surface area contributed by atoms with E-state index < -0.39 is 24.0 Å². The van der Waals surface area contributed by atoms with Crippen molar-refractivity contribution in [2.75, 3.05) is 0 Å². The average molecular weight is 546 g/mol. The van der Waals surface area contributed by atoms with Crippen LogP contribution in [-0.2, 0) is 11.2 Å². The Labute approximate surface area is 210 Å². The Balaban J connectivity index is 1.57. The van der Waals surface area contributed by atoms with Gasteiger partial charge in [0.25, 0.3) is 5.91 Å². The van der Waals surface area contributed by atoms with Gasteiger partial charge in [0.2, 0.25) is 0 Å². The predicted molar refractivity (Wildman–Crippen MR) is 132 cm³/mol. The highest BCUT2D eigenvalue weighted by atomic mass is 79.9. The number of carbonyl (C=O) groups excluding carboxylic acids is 2. The van der Waals surface area contributed by atoms with Gasteiger partial charge in [0.15, 0.2) is 0 Å². The van der Waals surface area contributed by atoms with Crippen LogP contribution >= 0.6 is 27.5 Å². The van der Waals surface area contributed by atoms with Gasteiger partial charge < -0.3 is 20.5 Å². The number of carboxylic acid groups (broad SMARTS) is 1. The summed E-state index contributed by atoms with van der Waals surface area (Å²) < 4.78 is 6.26. The van der Waals surface area contributed by atoms with Crippen molar-refractivity contribution in [3.63, 3.8) is 0 Å². The number of hydrogen-bond acceptors (Lipinski definition) is 4. The second-order valence-corrected chi connectivity index (χ2v) is 8.82. The quantitative estimate of drug-likeness (QED) is 0.353. The molecule has 0 radical (unpaired) electrons. The van der Waals surface area contributed by atoms with Gasteiger partial charge in [-0.1, -0.05) is 63.9 Å². The fraction of sp³-hybridized carbons (Fsp3) is 0.160. The van der Waals surface area contributed by atoms with E-state index in [1.165, 1.54) is 6.07 Å². The van der Waals surface area contributed by atoms with E-state index in [4.69, 9.17) is 16.3 Å².